The molecule has 0 radical (unpaired) electrons. The predicted molar refractivity (Wildman–Crippen MR) is 89.0 cm³/mol. The fourth-order valence-electron chi connectivity index (χ4n) is 4.37. The zero-order valence-corrected chi connectivity index (χ0v) is 14.8. The molecule has 0 heterocycles. The Morgan fingerprint density at radius 1 is 1.50 bits per heavy atom. The number of allylic oxidation sites excluding steroid dienone is 2. The van der Waals surface area contributed by atoms with Crippen LogP contribution >= 0.6 is 0 Å². The van der Waals surface area contributed by atoms with Gasteiger partial charge in [0.05, 0.1) is 0 Å². The minimum atomic E-state index is -1.46. The van der Waals surface area contributed by atoms with E-state index in [2.05, 4.69) is 45.5 Å². The number of terminal acetylenes is 1. The highest BCUT2D eigenvalue weighted by atomic mass is 28.4. The van der Waals surface area contributed by atoms with Crippen molar-refractivity contribution in [3.8, 4) is 12.3 Å². The highest BCUT2D eigenvalue weighted by molar-refractivity contribution is 6.69. The summed E-state index contributed by atoms with van der Waals surface area (Å²) in [5, 5.41) is 0. The Kier molecular flexibility index (Phi) is 4.52. The molecule has 4 atom stereocenters. The minimum Gasteiger partial charge on any atom is -0.414 e. The maximum Gasteiger partial charge on any atom is 0.184 e. The summed E-state index contributed by atoms with van der Waals surface area (Å²) in [6, 6.07) is 0. The molecule has 1 fully saturated rings. The van der Waals surface area contributed by atoms with Gasteiger partial charge >= 0.3 is 0 Å². The van der Waals surface area contributed by atoms with Crippen LogP contribution in [0.5, 0.6) is 0 Å². The third-order valence-electron chi connectivity index (χ3n) is 5.16. The topological polar surface area (TPSA) is 9.23 Å². The molecule has 0 aromatic carbocycles. The third kappa shape index (κ3) is 3.04. The van der Waals surface area contributed by atoms with E-state index in [4.69, 9.17) is 10.8 Å². The van der Waals surface area contributed by atoms with Gasteiger partial charge in [0, 0.05) is 12.5 Å². The van der Waals surface area contributed by atoms with Crippen LogP contribution in [0.1, 0.15) is 46.0 Å². The number of fused-ring (bicyclic) bond motifs is 1. The summed E-state index contributed by atoms with van der Waals surface area (Å²) in [6.45, 7) is 11.7. The standard InChI is InChI=1S/C18H30OSi/c1-7-9-14(2)15-11-12-16-17(19-20(4,5)6)10-8-13-18(15,16)3/h1,11,14,16-17H,8-10,12-13H2,2-6H3/t14-,16?,17?,18+/m0/s1. The molecule has 0 bridgehead atoms. The second-order valence-corrected chi connectivity index (χ2v) is 12.3. The monoisotopic (exact) mass is 290 g/mol. The number of hydrogen-bond acceptors (Lipinski definition) is 1. The van der Waals surface area contributed by atoms with Gasteiger partial charge in [-0.05, 0) is 56.2 Å². The molecule has 2 aliphatic rings. The second-order valence-electron chi connectivity index (χ2n) is 7.89. The molecule has 0 aromatic rings. The van der Waals surface area contributed by atoms with Crippen molar-refractivity contribution in [3.05, 3.63) is 11.6 Å². The van der Waals surface area contributed by atoms with Crippen LogP contribution in [0.25, 0.3) is 0 Å². The summed E-state index contributed by atoms with van der Waals surface area (Å²) in [4.78, 5) is 0. The zero-order valence-electron chi connectivity index (χ0n) is 13.8. The van der Waals surface area contributed by atoms with Crippen molar-refractivity contribution in [3.63, 3.8) is 0 Å². The molecular weight excluding hydrogens is 260 g/mol. The van der Waals surface area contributed by atoms with E-state index in [-0.39, 0.29) is 0 Å². The van der Waals surface area contributed by atoms with Crippen molar-refractivity contribution >= 4 is 8.32 Å². The van der Waals surface area contributed by atoms with Crippen LogP contribution in [-0.2, 0) is 4.43 Å². The van der Waals surface area contributed by atoms with Crippen molar-refractivity contribution in [1.29, 1.82) is 0 Å². The molecule has 20 heavy (non-hydrogen) atoms. The molecule has 112 valence electrons. The minimum absolute atomic E-state index is 0.332. The van der Waals surface area contributed by atoms with Crippen molar-refractivity contribution in [2.24, 2.45) is 17.3 Å². The van der Waals surface area contributed by atoms with E-state index in [9.17, 15) is 0 Å². The first kappa shape index (κ1) is 15.9. The summed E-state index contributed by atoms with van der Waals surface area (Å²) < 4.78 is 6.51. The fourth-order valence-corrected chi connectivity index (χ4v) is 5.56. The fraction of sp³-hybridized carbons (Fsp3) is 0.778. The van der Waals surface area contributed by atoms with E-state index >= 15 is 0 Å². The SMILES string of the molecule is C#CC[C@H](C)C1=CCC2C(O[Si](C)(C)C)CCC[C@]12C. The summed E-state index contributed by atoms with van der Waals surface area (Å²) >= 11 is 0. The van der Waals surface area contributed by atoms with Crippen LogP contribution in [-0.4, -0.2) is 14.4 Å². The predicted octanol–water partition coefficient (Wildman–Crippen LogP) is 5.00. The molecule has 0 spiro atoms. The third-order valence-corrected chi connectivity index (χ3v) is 6.17. The molecule has 0 saturated heterocycles. The van der Waals surface area contributed by atoms with Crippen molar-refractivity contribution in [1.82, 2.24) is 0 Å². The van der Waals surface area contributed by atoms with Gasteiger partial charge in [-0.25, -0.2) is 0 Å². The average Bonchev–Trinajstić information content (AvgIpc) is 2.65. The molecule has 2 rings (SSSR count). The Morgan fingerprint density at radius 3 is 2.80 bits per heavy atom. The molecule has 2 aliphatic carbocycles. The van der Waals surface area contributed by atoms with E-state index in [1.54, 1.807) is 5.57 Å². The van der Waals surface area contributed by atoms with E-state index in [0.29, 0.717) is 23.4 Å². The van der Waals surface area contributed by atoms with Gasteiger partial charge in [-0.1, -0.05) is 31.9 Å². The van der Waals surface area contributed by atoms with Gasteiger partial charge in [0.15, 0.2) is 8.32 Å². The molecule has 0 aliphatic heterocycles. The van der Waals surface area contributed by atoms with Crippen LogP contribution in [0.15, 0.2) is 11.6 Å². The maximum atomic E-state index is 6.51. The lowest BCUT2D eigenvalue weighted by atomic mass is 9.63. The Bertz CT molecular complexity index is 426. The number of rotatable bonds is 4. The highest BCUT2D eigenvalue weighted by Gasteiger charge is 2.49. The lowest BCUT2D eigenvalue weighted by molar-refractivity contribution is 0.0203. The average molecular weight is 291 g/mol. The smallest absolute Gasteiger partial charge is 0.184 e. The van der Waals surface area contributed by atoms with Gasteiger partial charge in [0.2, 0.25) is 0 Å². The van der Waals surface area contributed by atoms with Crippen LogP contribution in [0.2, 0.25) is 19.6 Å². The van der Waals surface area contributed by atoms with Crippen LogP contribution in [0.3, 0.4) is 0 Å². The van der Waals surface area contributed by atoms with Gasteiger partial charge in [-0.3, -0.25) is 0 Å². The Labute approximate surface area is 126 Å². The highest BCUT2D eigenvalue weighted by Crippen LogP contribution is 2.55. The Balaban J connectivity index is 2.16. The van der Waals surface area contributed by atoms with E-state index in [1.165, 1.54) is 25.7 Å². The maximum absolute atomic E-state index is 6.51. The van der Waals surface area contributed by atoms with Gasteiger partial charge in [-0.2, -0.15) is 0 Å². The molecular formula is C18H30OSi. The Morgan fingerprint density at radius 2 is 2.20 bits per heavy atom. The van der Waals surface area contributed by atoms with Crippen LogP contribution in [0, 0.1) is 29.6 Å². The summed E-state index contributed by atoms with van der Waals surface area (Å²) in [5.74, 6) is 4.05. The van der Waals surface area contributed by atoms with Gasteiger partial charge in [0.25, 0.3) is 0 Å². The normalized spacial score (nSPS) is 35.1. The van der Waals surface area contributed by atoms with E-state index in [1.807, 2.05) is 0 Å². The lowest BCUT2D eigenvalue weighted by Gasteiger charge is -2.46. The van der Waals surface area contributed by atoms with E-state index in [0.717, 1.165) is 6.42 Å². The Hall–Kier alpha value is -0.523. The van der Waals surface area contributed by atoms with Gasteiger partial charge in [-0.15, -0.1) is 12.3 Å². The summed E-state index contributed by atoms with van der Waals surface area (Å²) in [7, 11) is -1.46. The van der Waals surface area contributed by atoms with E-state index < -0.39 is 8.32 Å². The molecule has 0 amide bonds. The first-order valence-electron chi connectivity index (χ1n) is 8.10. The molecule has 1 nitrogen and oxygen atoms in total. The largest absolute Gasteiger partial charge is 0.414 e. The molecule has 2 heteroatoms. The first-order chi connectivity index (χ1) is 9.28. The molecule has 2 unspecified atom stereocenters. The summed E-state index contributed by atoms with van der Waals surface area (Å²) in [5.41, 5.74) is 1.95. The molecule has 0 aromatic heterocycles. The van der Waals surface area contributed by atoms with Crippen molar-refractivity contribution < 1.29 is 4.43 Å². The number of hydrogen-bond donors (Lipinski definition) is 0. The van der Waals surface area contributed by atoms with Gasteiger partial charge < -0.3 is 4.43 Å². The van der Waals surface area contributed by atoms with Gasteiger partial charge in [0.1, 0.15) is 0 Å². The summed E-state index contributed by atoms with van der Waals surface area (Å²) in [6.07, 6.45) is 14.4. The van der Waals surface area contributed by atoms with Crippen LogP contribution in [0.4, 0.5) is 0 Å². The second kappa shape index (κ2) is 5.70. The van der Waals surface area contributed by atoms with Crippen LogP contribution < -0.4 is 0 Å². The molecule has 0 N–H and O–H groups in total. The zero-order chi connectivity index (χ0) is 15.0. The molecule has 1 saturated carbocycles. The first-order valence-corrected chi connectivity index (χ1v) is 11.5. The van der Waals surface area contributed by atoms with Crippen molar-refractivity contribution in [2.45, 2.75) is 71.7 Å². The quantitative estimate of drug-likeness (QED) is 0.402. The van der Waals surface area contributed by atoms with Crippen molar-refractivity contribution in [2.75, 3.05) is 0 Å². The lowest BCUT2D eigenvalue weighted by Crippen LogP contribution is -2.45.